The Morgan fingerprint density at radius 2 is 1.93 bits per heavy atom. The molecule has 0 fully saturated rings. The van der Waals surface area contributed by atoms with Crippen molar-refractivity contribution in [3.05, 3.63) is 29.8 Å². The third-order valence-corrected chi connectivity index (χ3v) is 3.08. The molecule has 0 heterocycles. The lowest BCUT2D eigenvalue weighted by Crippen LogP contribution is -1.95. The molecule has 0 aliphatic heterocycles. The van der Waals surface area contributed by atoms with Crippen molar-refractivity contribution in [2.24, 2.45) is 4.99 Å². The number of nitrogens with zero attached hydrogens (tertiary/aromatic N) is 1. The number of rotatable bonds is 4. The highest BCUT2D eigenvalue weighted by Crippen LogP contribution is 2.31. The SMILES string of the molecule is CC(C)Sc1ccccc1C(C)N=C=O. The molecule has 0 N–H and O–H groups in total. The van der Waals surface area contributed by atoms with Gasteiger partial charge < -0.3 is 0 Å². The van der Waals surface area contributed by atoms with E-state index >= 15 is 0 Å². The van der Waals surface area contributed by atoms with Gasteiger partial charge in [-0.25, -0.2) is 4.79 Å². The molecule has 1 unspecified atom stereocenters. The lowest BCUT2D eigenvalue weighted by molar-refractivity contribution is 0.559. The fourth-order valence-electron chi connectivity index (χ4n) is 1.34. The van der Waals surface area contributed by atoms with Crippen LogP contribution in [0.15, 0.2) is 34.2 Å². The summed E-state index contributed by atoms with van der Waals surface area (Å²) in [5.74, 6) is 0. The molecule has 80 valence electrons. The summed E-state index contributed by atoms with van der Waals surface area (Å²) in [4.78, 5) is 15.2. The first kappa shape index (κ1) is 12.0. The number of hydrogen-bond donors (Lipinski definition) is 0. The molecule has 15 heavy (non-hydrogen) atoms. The number of carbonyl (C=O) groups excluding carboxylic acids is 1. The second kappa shape index (κ2) is 5.74. The molecule has 0 spiro atoms. The van der Waals surface area contributed by atoms with Crippen LogP contribution in [0, 0.1) is 0 Å². The van der Waals surface area contributed by atoms with E-state index in [0.29, 0.717) is 5.25 Å². The van der Waals surface area contributed by atoms with Gasteiger partial charge >= 0.3 is 0 Å². The van der Waals surface area contributed by atoms with Crippen molar-refractivity contribution >= 4 is 17.8 Å². The van der Waals surface area contributed by atoms with E-state index in [1.165, 1.54) is 4.90 Å². The number of aliphatic imine (C=N–C) groups is 1. The maximum absolute atomic E-state index is 10.2. The van der Waals surface area contributed by atoms with Crippen LogP contribution >= 0.6 is 11.8 Å². The summed E-state index contributed by atoms with van der Waals surface area (Å²) in [6, 6.07) is 7.94. The average molecular weight is 221 g/mol. The van der Waals surface area contributed by atoms with E-state index < -0.39 is 0 Å². The van der Waals surface area contributed by atoms with Crippen LogP contribution < -0.4 is 0 Å². The van der Waals surface area contributed by atoms with Gasteiger partial charge in [0.1, 0.15) is 0 Å². The van der Waals surface area contributed by atoms with Crippen molar-refractivity contribution in [2.75, 3.05) is 0 Å². The Hall–Kier alpha value is -1.05. The lowest BCUT2D eigenvalue weighted by atomic mass is 10.1. The van der Waals surface area contributed by atoms with Crippen molar-refractivity contribution < 1.29 is 4.79 Å². The first-order chi connectivity index (χ1) is 7.15. The first-order valence-electron chi connectivity index (χ1n) is 4.97. The molecule has 0 saturated carbocycles. The average Bonchev–Trinajstić information content (AvgIpc) is 2.18. The minimum atomic E-state index is -0.107. The Morgan fingerprint density at radius 3 is 2.53 bits per heavy atom. The molecule has 1 aromatic carbocycles. The van der Waals surface area contributed by atoms with Crippen molar-refractivity contribution in [2.45, 2.75) is 37.0 Å². The highest BCUT2D eigenvalue weighted by molar-refractivity contribution is 8.00. The van der Waals surface area contributed by atoms with E-state index in [2.05, 4.69) is 24.9 Å². The molecule has 3 heteroatoms. The molecule has 2 nitrogen and oxygen atoms in total. The number of benzene rings is 1. The molecular formula is C12H15NOS. The Labute approximate surface area is 94.8 Å². The molecule has 0 saturated heterocycles. The molecule has 1 rings (SSSR count). The Morgan fingerprint density at radius 1 is 1.27 bits per heavy atom. The zero-order valence-electron chi connectivity index (χ0n) is 9.23. The minimum absolute atomic E-state index is 0.107. The van der Waals surface area contributed by atoms with Gasteiger partial charge in [0, 0.05) is 10.1 Å². The van der Waals surface area contributed by atoms with E-state index in [4.69, 9.17) is 0 Å². The summed E-state index contributed by atoms with van der Waals surface area (Å²) in [6.07, 6.45) is 1.61. The van der Waals surface area contributed by atoms with Gasteiger partial charge in [0.05, 0.1) is 6.04 Å². The highest BCUT2D eigenvalue weighted by Gasteiger charge is 2.10. The number of thioether (sulfide) groups is 1. The fraction of sp³-hybridized carbons (Fsp3) is 0.417. The first-order valence-corrected chi connectivity index (χ1v) is 5.85. The van der Waals surface area contributed by atoms with Gasteiger partial charge in [-0.2, -0.15) is 4.99 Å². The summed E-state index contributed by atoms with van der Waals surface area (Å²) < 4.78 is 0. The van der Waals surface area contributed by atoms with Gasteiger partial charge in [-0.1, -0.05) is 32.0 Å². The molecule has 0 bridgehead atoms. The van der Waals surface area contributed by atoms with E-state index in [1.54, 1.807) is 17.8 Å². The summed E-state index contributed by atoms with van der Waals surface area (Å²) in [5, 5.41) is 0.526. The Balaban J connectivity index is 3.00. The molecular weight excluding hydrogens is 206 g/mol. The molecule has 0 amide bonds. The van der Waals surface area contributed by atoms with Gasteiger partial charge in [-0.05, 0) is 18.6 Å². The van der Waals surface area contributed by atoms with Crippen LogP contribution in [0.2, 0.25) is 0 Å². The summed E-state index contributed by atoms with van der Waals surface area (Å²) in [6.45, 7) is 6.20. The normalized spacial score (nSPS) is 12.3. The standard InChI is InChI=1S/C12H15NOS/c1-9(2)15-12-7-5-4-6-11(12)10(3)13-8-14/h4-7,9-10H,1-3H3. The topological polar surface area (TPSA) is 29.4 Å². The third kappa shape index (κ3) is 3.54. The van der Waals surface area contributed by atoms with Crippen LogP contribution in [0.3, 0.4) is 0 Å². The predicted molar refractivity (Wildman–Crippen MR) is 64.0 cm³/mol. The third-order valence-electron chi connectivity index (χ3n) is 1.98. The molecule has 1 atom stereocenters. The fourth-order valence-corrected chi connectivity index (χ4v) is 2.38. The second-order valence-corrected chi connectivity index (χ2v) is 5.22. The van der Waals surface area contributed by atoms with Gasteiger partial charge in [0.15, 0.2) is 0 Å². The van der Waals surface area contributed by atoms with E-state index in [9.17, 15) is 4.79 Å². The van der Waals surface area contributed by atoms with E-state index in [-0.39, 0.29) is 6.04 Å². The van der Waals surface area contributed by atoms with Crippen LogP contribution in [-0.4, -0.2) is 11.3 Å². The van der Waals surface area contributed by atoms with Gasteiger partial charge in [-0.15, -0.1) is 11.8 Å². The molecule has 0 aliphatic rings. The molecule has 0 aromatic heterocycles. The largest absolute Gasteiger partial charge is 0.235 e. The summed E-state index contributed by atoms with van der Waals surface area (Å²) in [7, 11) is 0. The zero-order valence-corrected chi connectivity index (χ0v) is 10.0. The van der Waals surface area contributed by atoms with Crippen molar-refractivity contribution in [3.63, 3.8) is 0 Å². The van der Waals surface area contributed by atoms with Gasteiger partial charge in [-0.3, -0.25) is 0 Å². The molecule has 1 aromatic rings. The maximum Gasteiger partial charge on any atom is 0.235 e. The van der Waals surface area contributed by atoms with Crippen LogP contribution in [0.4, 0.5) is 0 Å². The van der Waals surface area contributed by atoms with E-state index in [1.807, 2.05) is 25.1 Å². The van der Waals surface area contributed by atoms with Crippen LogP contribution in [0.25, 0.3) is 0 Å². The van der Waals surface area contributed by atoms with Gasteiger partial charge in [0.2, 0.25) is 6.08 Å². The molecule has 0 aliphatic carbocycles. The number of hydrogen-bond acceptors (Lipinski definition) is 3. The van der Waals surface area contributed by atoms with Crippen LogP contribution in [-0.2, 0) is 4.79 Å². The predicted octanol–water partition coefficient (Wildman–Crippen LogP) is 3.58. The zero-order chi connectivity index (χ0) is 11.3. The van der Waals surface area contributed by atoms with Crippen molar-refractivity contribution in [1.82, 2.24) is 0 Å². The Bertz CT molecular complexity index is 370. The van der Waals surface area contributed by atoms with E-state index in [0.717, 1.165) is 5.56 Å². The van der Waals surface area contributed by atoms with Crippen molar-refractivity contribution in [3.8, 4) is 0 Å². The second-order valence-electron chi connectivity index (χ2n) is 3.60. The lowest BCUT2D eigenvalue weighted by Gasteiger charge is -2.12. The molecule has 0 radical (unpaired) electrons. The maximum atomic E-state index is 10.2. The summed E-state index contributed by atoms with van der Waals surface area (Å²) >= 11 is 1.79. The Kier molecular flexibility index (Phi) is 4.60. The van der Waals surface area contributed by atoms with Crippen LogP contribution in [0.1, 0.15) is 32.4 Å². The smallest absolute Gasteiger partial charge is 0.211 e. The summed E-state index contributed by atoms with van der Waals surface area (Å²) in [5.41, 5.74) is 1.10. The van der Waals surface area contributed by atoms with Gasteiger partial charge in [0.25, 0.3) is 0 Å². The quantitative estimate of drug-likeness (QED) is 0.442. The van der Waals surface area contributed by atoms with Crippen molar-refractivity contribution in [1.29, 1.82) is 0 Å². The monoisotopic (exact) mass is 221 g/mol. The minimum Gasteiger partial charge on any atom is -0.211 e. The van der Waals surface area contributed by atoms with Crippen LogP contribution in [0.5, 0.6) is 0 Å². The number of isocyanates is 1. The highest BCUT2D eigenvalue weighted by atomic mass is 32.2.